The number of unbranched alkanes of at least 4 members (excludes halogenated alkanes) is 1. The number of halogens is 2. The minimum Gasteiger partial charge on any atom is -0.490 e. The lowest BCUT2D eigenvalue weighted by molar-refractivity contribution is 0.286. The monoisotopic (exact) mass is 358 g/mol. The lowest BCUT2D eigenvalue weighted by Gasteiger charge is -2.29. The van der Waals surface area contributed by atoms with Crippen LogP contribution in [0.3, 0.4) is 0 Å². The van der Waals surface area contributed by atoms with Crippen LogP contribution in [0.5, 0.6) is 5.75 Å². The molecule has 2 aromatic carbocycles. The Bertz CT molecular complexity index is 716. The Hall–Kier alpha value is -1.90. The van der Waals surface area contributed by atoms with Gasteiger partial charge >= 0.3 is 0 Å². The highest BCUT2D eigenvalue weighted by Gasteiger charge is 2.27. The number of benzene rings is 2. The van der Waals surface area contributed by atoms with Gasteiger partial charge in [0, 0.05) is 0 Å². The zero-order valence-corrected chi connectivity index (χ0v) is 15.7. The molecule has 140 valence electrons. The van der Waals surface area contributed by atoms with Crippen molar-refractivity contribution in [2.75, 3.05) is 6.61 Å². The van der Waals surface area contributed by atoms with Crippen LogP contribution in [0.15, 0.2) is 36.4 Å². The van der Waals surface area contributed by atoms with Crippen molar-refractivity contribution < 1.29 is 13.5 Å². The quantitative estimate of drug-likeness (QED) is 0.511. The molecule has 0 aliphatic heterocycles. The third-order valence-corrected chi connectivity index (χ3v) is 5.55. The Morgan fingerprint density at radius 1 is 0.885 bits per heavy atom. The van der Waals surface area contributed by atoms with Crippen molar-refractivity contribution in [3.8, 4) is 5.75 Å². The molecule has 0 aromatic heterocycles. The van der Waals surface area contributed by atoms with Crippen molar-refractivity contribution in [2.24, 2.45) is 0 Å². The van der Waals surface area contributed by atoms with E-state index in [1.807, 2.05) is 6.92 Å². The summed E-state index contributed by atoms with van der Waals surface area (Å²) in [7, 11) is 0. The minimum absolute atomic E-state index is 0.0352. The van der Waals surface area contributed by atoms with Crippen molar-refractivity contribution >= 4 is 0 Å². The van der Waals surface area contributed by atoms with Gasteiger partial charge in [0.2, 0.25) is 5.82 Å². The maximum absolute atomic E-state index is 14.6. The number of hydrogen-bond acceptors (Lipinski definition) is 1. The Morgan fingerprint density at radius 3 is 2.19 bits per heavy atom. The predicted octanol–water partition coefficient (Wildman–Crippen LogP) is 6.89. The van der Waals surface area contributed by atoms with E-state index in [9.17, 15) is 8.78 Å². The number of ether oxygens (including phenoxy) is 1. The molecule has 1 aliphatic rings. The van der Waals surface area contributed by atoms with E-state index in [1.54, 1.807) is 12.1 Å². The summed E-state index contributed by atoms with van der Waals surface area (Å²) in [6.45, 7) is 4.55. The third kappa shape index (κ3) is 4.25. The summed E-state index contributed by atoms with van der Waals surface area (Å²) in [5.41, 5.74) is 3.13. The van der Waals surface area contributed by atoms with Gasteiger partial charge in [0.1, 0.15) is 0 Å². The molecular weight excluding hydrogens is 330 g/mol. The van der Waals surface area contributed by atoms with Crippen LogP contribution in [0.4, 0.5) is 8.78 Å². The normalized spacial score (nSPS) is 20.2. The Kier molecular flexibility index (Phi) is 6.29. The Balaban J connectivity index is 1.65. The molecule has 0 saturated heterocycles. The van der Waals surface area contributed by atoms with Gasteiger partial charge in [0.25, 0.3) is 0 Å². The summed E-state index contributed by atoms with van der Waals surface area (Å²) in [6.07, 6.45) is 5.63. The van der Waals surface area contributed by atoms with Crippen molar-refractivity contribution in [2.45, 2.75) is 64.2 Å². The highest BCUT2D eigenvalue weighted by atomic mass is 19.2. The largest absolute Gasteiger partial charge is 0.490 e. The molecule has 0 N–H and O–H groups in total. The molecule has 0 radical (unpaired) electrons. The van der Waals surface area contributed by atoms with E-state index in [0.717, 1.165) is 38.5 Å². The van der Waals surface area contributed by atoms with E-state index in [4.69, 9.17) is 4.74 Å². The first-order valence-corrected chi connectivity index (χ1v) is 9.77. The van der Waals surface area contributed by atoms with Crippen LogP contribution in [-0.2, 0) is 0 Å². The van der Waals surface area contributed by atoms with Crippen LogP contribution in [0.1, 0.15) is 74.0 Å². The summed E-state index contributed by atoms with van der Waals surface area (Å²) < 4.78 is 34.3. The number of aryl methyl sites for hydroxylation is 1. The maximum atomic E-state index is 14.6. The SMILES string of the molecule is CCCCOc1ccc(C2CCC(c3ccc(C)cc3)CC2)c(F)c1F. The van der Waals surface area contributed by atoms with Gasteiger partial charge in [-0.3, -0.25) is 0 Å². The third-order valence-electron chi connectivity index (χ3n) is 5.55. The zero-order chi connectivity index (χ0) is 18.5. The first kappa shape index (κ1) is 18.9. The van der Waals surface area contributed by atoms with Gasteiger partial charge in [-0.1, -0.05) is 49.2 Å². The standard InChI is InChI=1S/C23H28F2O/c1-3-4-15-26-21-14-13-20(22(24)23(21)25)19-11-9-18(10-12-19)17-7-5-16(2)6-8-17/h5-8,13-14,18-19H,3-4,9-12,15H2,1-2H3. The highest BCUT2D eigenvalue weighted by molar-refractivity contribution is 5.34. The van der Waals surface area contributed by atoms with Crippen LogP contribution in [0.25, 0.3) is 0 Å². The Labute approximate surface area is 155 Å². The summed E-state index contributed by atoms with van der Waals surface area (Å²) in [4.78, 5) is 0. The molecule has 1 nitrogen and oxygen atoms in total. The minimum atomic E-state index is -0.834. The van der Waals surface area contributed by atoms with E-state index in [0.29, 0.717) is 18.1 Å². The molecule has 1 saturated carbocycles. The van der Waals surface area contributed by atoms with Crippen molar-refractivity contribution in [3.05, 3.63) is 64.7 Å². The molecule has 3 heteroatoms. The second-order valence-corrected chi connectivity index (χ2v) is 7.44. The van der Waals surface area contributed by atoms with Crippen molar-refractivity contribution in [3.63, 3.8) is 0 Å². The summed E-state index contributed by atoms with van der Waals surface area (Å²) >= 11 is 0. The average molecular weight is 358 g/mol. The van der Waals surface area contributed by atoms with Gasteiger partial charge in [-0.25, -0.2) is 4.39 Å². The summed E-state index contributed by atoms with van der Waals surface area (Å²) in [5.74, 6) is -0.905. The summed E-state index contributed by atoms with van der Waals surface area (Å²) in [6, 6.07) is 12.0. The fraction of sp³-hybridized carbons (Fsp3) is 0.478. The molecular formula is C23H28F2O. The number of rotatable bonds is 6. The van der Waals surface area contributed by atoms with Crippen LogP contribution < -0.4 is 4.74 Å². The molecule has 1 aliphatic carbocycles. The molecule has 2 aromatic rings. The van der Waals surface area contributed by atoms with Crippen LogP contribution in [0, 0.1) is 18.6 Å². The zero-order valence-electron chi connectivity index (χ0n) is 15.7. The maximum Gasteiger partial charge on any atom is 0.200 e. The van der Waals surface area contributed by atoms with E-state index >= 15 is 0 Å². The predicted molar refractivity (Wildman–Crippen MR) is 102 cm³/mol. The fourth-order valence-corrected chi connectivity index (χ4v) is 3.88. The van der Waals surface area contributed by atoms with E-state index < -0.39 is 11.6 Å². The van der Waals surface area contributed by atoms with E-state index in [-0.39, 0.29) is 11.7 Å². The molecule has 0 atom stereocenters. The van der Waals surface area contributed by atoms with Crippen molar-refractivity contribution in [1.29, 1.82) is 0 Å². The molecule has 3 rings (SSSR count). The molecule has 0 unspecified atom stereocenters. The lowest BCUT2D eigenvalue weighted by Crippen LogP contribution is -2.14. The molecule has 1 fully saturated rings. The Morgan fingerprint density at radius 2 is 1.54 bits per heavy atom. The average Bonchev–Trinajstić information content (AvgIpc) is 2.66. The first-order valence-electron chi connectivity index (χ1n) is 9.77. The van der Waals surface area contributed by atoms with Gasteiger partial charge in [-0.05, 0) is 68.1 Å². The molecule has 0 spiro atoms. The molecule has 0 bridgehead atoms. The summed E-state index contributed by atoms with van der Waals surface area (Å²) in [5, 5.41) is 0. The topological polar surface area (TPSA) is 9.23 Å². The van der Waals surface area contributed by atoms with Gasteiger partial charge in [-0.15, -0.1) is 0 Å². The molecule has 26 heavy (non-hydrogen) atoms. The molecule has 0 heterocycles. The first-order chi connectivity index (χ1) is 12.6. The van der Waals surface area contributed by atoms with E-state index in [2.05, 4.69) is 31.2 Å². The second-order valence-electron chi connectivity index (χ2n) is 7.44. The van der Waals surface area contributed by atoms with Gasteiger partial charge in [-0.2, -0.15) is 4.39 Å². The fourth-order valence-electron chi connectivity index (χ4n) is 3.88. The molecule has 0 amide bonds. The number of hydrogen-bond donors (Lipinski definition) is 0. The van der Waals surface area contributed by atoms with Crippen LogP contribution in [0.2, 0.25) is 0 Å². The second kappa shape index (κ2) is 8.66. The smallest absolute Gasteiger partial charge is 0.200 e. The van der Waals surface area contributed by atoms with Gasteiger partial charge in [0.15, 0.2) is 11.6 Å². The lowest BCUT2D eigenvalue weighted by atomic mass is 9.76. The van der Waals surface area contributed by atoms with Gasteiger partial charge < -0.3 is 4.74 Å². The highest BCUT2D eigenvalue weighted by Crippen LogP contribution is 2.42. The van der Waals surface area contributed by atoms with Crippen molar-refractivity contribution in [1.82, 2.24) is 0 Å². The van der Waals surface area contributed by atoms with Gasteiger partial charge in [0.05, 0.1) is 6.61 Å². The van der Waals surface area contributed by atoms with Crippen LogP contribution in [-0.4, -0.2) is 6.61 Å². The van der Waals surface area contributed by atoms with E-state index in [1.165, 1.54) is 11.1 Å². The van der Waals surface area contributed by atoms with Crippen LogP contribution >= 0.6 is 0 Å².